The molecule has 0 amide bonds. The molecule has 1 fully saturated rings. The Morgan fingerprint density at radius 1 is 1.26 bits per heavy atom. The normalized spacial score (nSPS) is 27.0. The van der Waals surface area contributed by atoms with Gasteiger partial charge >= 0.3 is 5.97 Å². The Morgan fingerprint density at radius 3 is 2.16 bits per heavy atom. The second-order valence-corrected chi connectivity index (χ2v) is 7.29. The summed E-state index contributed by atoms with van der Waals surface area (Å²) in [5.41, 5.74) is -0.702. The van der Waals surface area contributed by atoms with Gasteiger partial charge in [-0.25, -0.2) is 0 Å². The van der Waals surface area contributed by atoms with Gasteiger partial charge in [0.2, 0.25) is 0 Å². The zero-order valence-electron chi connectivity index (χ0n) is 13.2. The van der Waals surface area contributed by atoms with Crippen LogP contribution in [0.25, 0.3) is 0 Å². The summed E-state index contributed by atoms with van der Waals surface area (Å²) >= 11 is 0. The van der Waals surface area contributed by atoms with Gasteiger partial charge < -0.3 is 4.74 Å². The molecule has 0 heterocycles. The molecule has 1 rings (SSSR count). The highest BCUT2D eigenvalue weighted by atomic mass is 16.5. The zero-order valence-corrected chi connectivity index (χ0v) is 13.2. The summed E-state index contributed by atoms with van der Waals surface area (Å²) < 4.78 is 5.15. The Hall–Kier alpha value is -0.860. The molecule has 0 aromatic carbocycles. The SMILES string of the molecule is CCOC(=O)C1(C(=O)CC(C)C)CC(C(C)(C)C)C1. The van der Waals surface area contributed by atoms with E-state index in [4.69, 9.17) is 4.74 Å². The molecule has 0 spiro atoms. The number of carbonyl (C=O) groups excluding carboxylic acids is 2. The molecule has 0 bridgehead atoms. The first-order valence-electron chi connectivity index (χ1n) is 7.34. The lowest BCUT2D eigenvalue weighted by Crippen LogP contribution is -2.54. The highest BCUT2D eigenvalue weighted by molar-refractivity contribution is 6.05. The number of esters is 1. The van der Waals surface area contributed by atoms with Gasteiger partial charge in [-0.2, -0.15) is 0 Å². The average Bonchev–Trinajstić information content (AvgIpc) is 2.12. The van der Waals surface area contributed by atoms with Crippen LogP contribution in [-0.2, 0) is 14.3 Å². The van der Waals surface area contributed by atoms with Gasteiger partial charge in [0.25, 0.3) is 0 Å². The summed E-state index contributed by atoms with van der Waals surface area (Å²) in [6.45, 7) is 12.7. The van der Waals surface area contributed by atoms with E-state index < -0.39 is 5.41 Å². The average molecular weight is 268 g/mol. The number of ether oxygens (including phenoxy) is 1. The molecule has 0 atom stereocenters. The molecule has 1 aliphatic rings. The van der Waals surface area contributed by atoms with Crippen LogP contribution in [0.3, 0.4) is 0 Å². The predicted molar refractivity (Wildman–Crippen MR) is 75.7 cm³/mol. The van der Waals surface area contributed by atoms with Crippen molar-refractivity contribution >= 4 is 11.8 Å². The van der Waals surface area contributed by atoms with Crippen LogP contribution in [0, 0.1) is 22.7 Å². The van der Waals surface area contributed by atoms with Crippen LogP contribution in [0.15, 0.2) is 0 Å². The van der Waals surface area contributed by atoms with Gasteiger partial charge in [-0.05, 0) is 37.0 Å². The van der Waals surface area contributed by atoms with Gasteiger partial charge in [0, 0.05) is 6.42 Å². The van der Waals surface area contributed by atoms with Crippen LogP contribution in [0.5, 0.6) is 0 Å². The molecule has 3 heteroatoms. The van der Waals surface area contributed by atoms with Crippen LogP contribution >= 0.6 is 0 Å². The minimum absolute atomic E-state index is 0.0708. The molecule has 3 nitrogen and oxygen atoms in total. The Labute approximate surface area is 117 Å². The molecule has 1 aliphatic carbocycles. The Morgan fingerprint density at radius 2 is 1.79 bits per heavy atom. The van der Waals surface area contributed by atoms with Crippen LogP contribution in [0.4, 0.5) is 0 Å². The van der Waals surface area contributed by atoms with E-state index in [1.807, 2.05) is 13.8 Å². The summed E-state index contributed by atoms with van der Waals surface area (Å²) in [6, 6.07) is 0. The van der Waals surface area contributed by atoms with Gasteiger partial charge in [0.05, 0.1) is 6.61 Å². The van der Waals surface area contributed by atoms with E-state index >= 15 is 0 Å². The van der Waals surface area contributed by atoms with Crippen molar-refractivity contribution in [2.75, 3.05) is 6.61 Å². The smallest absolute Gasteiger partial charge is 0.319 e. The van der Waals surface area contributed by atoms with Gasteiger partial charge in [-0.15, -0.1) is 0 Å². The van der Waals surface area contributed by atoms with Crippen molar-refractivity contribution in [2.45, 2.75) is 60.8 Å². The quantitative estimate of drug-likeness (QED) is 0.565. The first-order chi connectivity index (χ1) is 8.63. The molecule has 0 saturated heterocycles. The molecule has 110 valence electrons. The molecule has 19 heavy (non-hydrogen) atoms. The summed E-state index contributed by atoms with van der Waals surface area (Å²) in [6.07, 6.45) is 1.78. The summed E-state index contributed by atoms with van der Waals surface area (Å²) in [5.74, 6) is 0.475. The van der Waals surface area contributed by atoms with Crippen LogP contribution in [0.1, 0.15) is 60.8 Å². The van der Waals surface area contributed by atoms with Gasteiger partial charge in [-0.3, -0.25) is 9.59 Å². The molecule has 0 aromatic rings. The van der Waals surface area contributed by atoms with Gasteiger partial charge in [-0.1, -0.05) is 34.6 Å². The molecule has 0 aromatic heterocycles. The second kappa shape index (κ2) is 5.64. The van der Waals surface area contributed by atoms with Crippen molar-refractivity contribution in [3.63, 3.8) is 0 Å². The number of hydrogen-bond acceptors (Lipinski definition) is 3. The Bertz CT molecular complexity index is 343. The first-order valence-corrected chi connectivity index (χ1v) is 7.34. The molecule has 0 radical (unpaired) electrons. The highest BCUT2D eigenvalue weighted by Crippen LogP contribution is 2.54. The third-order valence-electron chi connectivity index (χ3n) is 4.21. The minimum Gasteiger partial charge on any atom is -0.465 e. The lowest BCUT2D eigenvalue weighted by molar-refractivity contribution is -0.174. The lowest BCUT2D eigenvalue weighted by atomic mass is 9.52. The molecule has 0 N–H and O–H groups in total. The fraction of sp³-hybridized carbons (Fsp3) is 0.875. The number of rotatable bonds is 5. The number of carbonyl (C=O) groups is 2. The maximum atomic E-state index is 12.4. The van der Waals surface area contributed by atoms with E-state index in [0.717, 1.165) is 0 Å². The van der Waals surface area contributed by atoms with Crippen molar-refractivity contribution in [3.8, 4) is 0 Å². The van der Waals surface area contributed by atoms with Crippen molar-refractivity contribution in [3.05, 3.63) is 0 Å². The summed E-state index contributed by atoms with van der Waals surface area (Å²) in [4.78, 5) is 24.6. The number of ketones is 1. The largest absolute Gasteiger partial charge is 0.465 e. The maximum Gasteiger partial charge on any atom is 0.319 e. The van der Waals surface area contributed by atoms with Crippen molar-refractivity contribution < 1.29 is 14.3 Å². The molecule has 1 saturated carbocycles. The monoisotopic (exact) mass is 268 g/mol. The molecule has 0 unspecified atom stereocenters. The van der Waals surface area contributed by atoms with Crippen molar-refractivity contribution in [1.82, 2.24) is 0 Å². The zero-order chi connectivity index (χ0) is 14.8. The molecular weight excluding hydrogens is 240 g/mol. The minimum atomic E-state index is -0.849. The van der Waals surface area contributed by atoms with Gasteiger partial charge in [0.15, 0.2) is 0 Å². The van der Waals surface area contributed by atoms with Gasteiger partial charge in [0.1, 0.15) is 11.2 Å². The van der Waals surface area contributed by atoms with Crippen molar-refractivity contribution in [1.29, 1.82) is 0 Å². The second-order valence-electron chi connectivity index (χ2n) is 7.29. The van der Waals surface area contributed by atoms with Crippen molar-refractivity contribution in [2.24, 2.45) is 22.7 Å². The highest BCUT2D eigenvalue weighted by Gasteiger charge is 2.58. The molecular formula is C16H28O3. The third kappa shape index (κ3) is 3.37. The third-order valence-corrected chi connectivity index (χ3v) is 4.21. The predicted octanol–water partition coefficient (Wildman–Crippen LogP) is 3.61. The van der Waals surface area contributed by atoms with E-state index in [1.54, 1.807) is 6.92 Å². The number of Topliss-reactive ketones (excluding diaryl/α,β-unsaturated/α-hetero) is 1. The van der Waals surface area contributed by atoms with Crippen LogP contribution in [0.2, 0.25) is 0 Å². The van der Waals surface area contributed by atoms with E-state index in [2.05, 4.69) is 20.8 Å². The van der Waals surface area contributed by atoms with E-state index in [1.165, 1.54) is 0 Å². The summed E-state index contributed by atoms with van der Waals surface area (Å²) in [7, 11) is 0. The molecule has 0 aliphatic heterocycles. The topological polar surface area (TPSA) is 43.4 Å². The standard InChI is InChI=1S/C16H28O3/c1-7-19-14(18)16(13(17)8-11(2)3)9-12(10-16)15(4,5)6/h11-12H,7-10H2,1-6H3. The first kappa shape index (κ1) is 16.2. The van der Waals surface area contributed by atoms with E-state index in [-0.39, 0.29) is 23.1 Å². The fourth-order valence-electron chi connectivity index (χ4n) is 2.74. The maximum absolute atomic E-state index is 12.4. The fourth-order valence-corrected chi connectivity index (χ4v) is 2.74. The summed E-state index contributed by atoms with van der Waals surface area (Å²) in [5, 5.41) is 0. The number of hydrogen-bond donors (Lipinski definition) is 0. The van der Waals surface area contributed by atoms with E-state index in [0.29, 0.717) is 31.8 Å². The lowest BCUT2D eigenvalue weighted by Gasteiger charge is -2.50. The Balaban J connectivity index is 2.84. The van der Waals surface area contributed by atoms with E-state index in [9.17, 15) is 9.59 Å². The Kier molecular flexibility index (Phi) is 4.81. The van der Waals surface area contributed by atoms with Crippen LogP contribution < -0.4 is 0 Å². The van der Waals surface area contributed by atoms with Crippen LogP contribution in [-0.4, -0.2) is 18.4 Å².